The number of methoxy groups -OCH3 is 1. The van der Waals surface area contributed by atoms with E-state index in [9.17, 15) is 9.59 Å². The van der Waals surface area contributed by atoms with Gasteiger partial charge in [-0.2, -0.15) is 0 Å². The SMILES string of the molecule is COc1nc(-c2cccc(-c3cccc(NC(=O)c4nc5c(n4C)CCN(C)C5)c3Cl)c2Cl)ccc1CN1CC2CC(C1)N2C(C)=O. The van der Waals surface area contributed by atoms with Gasteiger partial charge in [0, 0.05) is 93.1 Å². The number of carbonyl (C=O) groups is 2. The van der Waals surface area contributed by atoms with Gasteiger partial charge < -0.3 is 24.4 Å². The molecule has 2 atom stereocenters. The van der Waals surface area contributed by atoms with E-state index in [2.05, 4.69) is 20.1 Å². The fraction of sp³-hybridized carbons (Fsp3) is 0.371. The fourth-order valence-electron chi connectivity index (χ4n) is 7.31. The molecule has 10 nitrogen and oxygen atoms in total. The average molecular weight is 675 g/mol. The van der Waals surface area contributed by atoms with Gasteiger partial charge in [0.15, 0.2) is 5.82 Å². The molecule has 0 spiro atoms. The van der Waals surface area contributed by atoms with Crippen molar-refractivity contribution in [2.24, 2.45) is 7.05 Å². The van der Waals surface area contributed by atoms with Gasteiger partial charge in [-0.1, -0.05) is 59.6 Å². The summed E-state index contributed by atoms with van der Waals surface area (Å²) < 4.78 is 7.61. The van der Waals surface area contributed by atoms with E-state index in [1.165, 1.54) is 0 Å². The van der Waals surface area contributed by atoms with Crippen molar-refractivity contribution in [2.75, 3.05) is 39.1 Å². The molecule has 4 aromatic rings. The van der Waals surface area contributed by atoms with E-state index in [1.807, 2.05) is 66.0 Å². The zero-order valence-corrected chi connectivity index (χ0v) is 28.4. The predicted molar refractivity (Wildman–Crippen MR) is 183 cm³/mol. The number of likely N-dealkylation sites (N-methyl/N-ethyl adjacent to an activating group) is 1. The second kappa shape index (κ2) is 12.6. The fourth-order valence-corrected chi connectivity index (χ4v) is 7.91. The number of hydrogen-bond donors (Lipinski definition) is 1. The van der Waals surface area contributed by atoms with Gasteiger partial charge in [-0.05, 0) is 25.6 Å². The van der Waals surface area contributed by atoms with Crippen LogP contribution in [0.5, 0.6) is 5.88 Å². The Bertz CT molecular complexity index is 1880. The number of anilines is 1. The standard InChI is InChI=1S/C35H37Cl2N7O3/c1-20(45)44-22-15-23(44)18-43(17-22)16-21-11-12-27(40-35(21)47-4)26-9-5-7-24(31(26)36)25-8-6-10-28(32(25)37)39-34(46)33-38-29-19-41(2)14-13-30(29)42(33)3/h5-12,22-23H,13-19H2,1-4H3,(H,39,46). The normalized spacial score (nSPS) is 19.2. The molecule has 3 saturated heterocycles. The zero-order valence-electron chi connectivity index (χ0n) is 26.9. The van der Waals surface area contributed by atoms with E-state index in [0.29, 0.717) is 57.3 Å². The van der Waals surface area contributed by atoms with Crippen LogP contribution in [-0.4, -0.2) is 86.9 Å². The molecule has 1 N–H and O–H groups in total. The Kier molecular flexibility index (Phi) is 8.46. The summed E-state index contributed by atoms with van der Waals surface area (Å²) in [5.41, 5.74) is 6.27. The van der Waals surface area contributed by atoms with Crippen LogP contribution >= 0.6 is 23.2 Å². The molecule has 4 aliphatic heterocycles. The molecule has 244 valence electrons. The molecule has 4 aliphatic rings. The first-order chi connectivity index (χ1) is 22.6. The summed E-state index contributed by atoms with van der Waals surface area (Å²) in [6, 6.07) is 15.8. The number of rotatable bonds is 7. The van der Waals surface area contributed by atoms with E-state index < -0.39 is 0 Å². The molecule has 2 aromatic carbocycles. The van der Waals surface area contributed by atoms with E-state index in [0.717, 1.165) is 55.0 Å². The summed E-state index contributed by atoms with van der Waals surface area (Å²) in [5, 5.41) is 3.83. The Morgan fingerprint density at radius 3 is 2.38 bits per heavy atom. The lowest BCUT2D eigenvalue weighted by Gasteiger charge is -2.56. The highest BCUT2D eigenvalue weighted by molar-refractivity contribution is 6.39. The lowest BCUT2D eigenvalue weighted by molar-refractivity contribution is -0.151. The summed E-state index contributed by atoms with van der Waals surface area (Å²) in [6.07, 6.45) is 1.92. The molecule has 3 fully saturated rings. The minimum absolute atomic E-state index is 0.155. The van der Waals surface area contributed by atoms with Crippen LogP contribution in [0.4, 0.5) is 5.69 Å². The quantitative estimate of drug-likeness (QED) is 0.276. The van der Waals surface area contributed by atoms with Gasteiger partial charge in [0.2, 0.25) is 11.8 Å². The largest absolute Gasteiger partial charge is 0.481 e. The van der Waals surface area contributed by atoms with E-state index in [4.69, 9.17) is 32.9 Å². The first kappa shape index (κ1) is 31.6. The molecule has 2 unspecified atom stereocenters. The molecular formula is C35H37Cl2N7O3. The number of fused-ring (bicyclic) bond motifs is 3. The van der Waals surface area contributed by atoms with Crippen molar-refractivity contribution >= 4 is 40.7 Å². The molecule has 47 heavy (non-hydrogen) atoms. The minimum Gasteiger partial charge on any atom is -0.481 e. The zero-order chi connectivity index (χ0) is 33.0. The molecule has 0 radical (unpaired) electrons. The van der Waals surface area contributed by atoms with E-state index in [1.54, 1.807) is 20.1 Å². The summed E-state index contributed by atoms with van der Waals surface area (Å²) >= 11 is 14.0. The number of aromatic nitrogens is 3. The number of halogens is 2. The maximum absolute atomic E-state index is 13.4. The van der Waals surface area contributed by atoms with Crippen LogP contribution in [0.3, 0.4) is 0 Å². The molecule has 2 amide bonds. The molecule has 2 aromatic heterocycles. The first-order valence-corrected chi connectivity index (χ1v) is 16.6. The predicted octanol–water partition coefficient (Wildman–Crippen LogP) is 5.51. The molecule has 0 aliphatic carbocycles. The maximum Gasteiger partial charge on any atom is 0.291 e. The van der Waals surface area contributed by atoms with Gasteiger partial charge in [0.25, 0.3) is 5.91 Å². The first-order valence-electron chi connectivity index (χ1n) is 15.8. The molecule has 8 rings (SSSR count). The summed E-state index contributed by atoms with van der Waals surface area (Å²) in [7, 11) is 5.55. The van der Waals surface area contributed by atoms with Gasteiger partial charge in [-0.25, -0.2) is 9.97 Å². The lowest BCUT2D eigenvalue weighted by atomic mass is 9.87. The Morgan fingerprint density at radius 1 is 0.957 bits per heavy atom. The van der Waals surface area contributed by atoms with E-state index in [-0.39, 0.29) is 23.9 Å². The summed E-state index contributed by atoms with van der Waals surface area (Å²) in [4.78, 5) is 41.4. The summed E-state index contributed by atoms with van der Waals surface area (Å²) in [5.74, 6) is 0.724. The highest BCUT2D eigenvalue weighted by Gasteiger charge is 2.45. The van der Waals surface area contributed by atoms with Crippen molar-refractivity contribution in [3.63, 3.8) is 0 Å². The van der Waals surface area contributed by atoms with Crippen LogP contribution in [0.25, 0.3) is 22.4 Å². The van der Waals surface area contributed by atoms with Crippen molar-refractivity contribution in [1.29, 1.82) is 0 Å². The highest BCUT2D eigenvalue weighted by atomic mass is 35.5. The number of pyridine rings is 1. The third-order valence-electron chi connectivity index (χ3n) is 9.62. The number of amides is 2. The van der Waals surface area contributed by atoms with Crippen LogP contribution in [0, 0.1) is 0 Å². The Hall–Kier alpha value is -3.96. The Balaban J connectivity index is 1.12. The smallest absolute Gasteiger partial charge is 0.291 e. The molecule has 0 saturated carbocycles. The van der Waals surface area contributed by atoms with Crippen molar-refractivity contribution in [2.45, 2.75) is 44.9 Å². The monoisotopic (exact) mass is 673 g/mol. The van der Waals surface area contributed by atoms with Gasteiger partial charge in [-0.3, -0.25) is 14.5 Å². The Morgan fingerprint density at radius 2 is 1.66 bits per heavy atom. The number of piperazine rings is 1. The second-order valence-electron chi connectivity index (χ2n) is 12.7. The molecule has 12 heteroatoms. The van der Waals surface area contributed by atoms with Crippen LogP contribution in [0.1, 0.15) is 40.9 Å². The third kappa shape index (κ3) is 5.77. The topological polar surface area (TPSA) is 95.8 Å². The van der Waals surface area contributed by atoms with Crippen LogP contribution in [-0.2, 0) is 31.4 Å². The van der Waals surface area contributed by atoms with Crippen LogP contribution < -0.4 is 10.1 Å². The molecule has 2 bridgehead atoms. The van der Waals surface area contributed by atoms with Crippen LogP contribution in [0.15, 0.2) is 48.5 Å². The number of hydrogen-bond acceptors (Lipinski definition) is 7. The van der Waals surface area contributed by atoms with Crippen molar-refractivity contribution < 1.29 is 14.3 Å². The number of nitrogens with zero attached hydrogens (tertiary/aromatic N) is 6. The highest BCUT2D eigenvalue weighted by Crippen LogP contribution is 2.42. The minimum atomic E-state index is -0.322. The lowest BCUT2D eigenvalue weighted by Crippen LogP contribution is -2.69. The number of nitrogens with one attached hydrogen (secondary N) is 1. The van der Waals surface area contributed by atoms with Crippen molar-refractivity contribution in [1.82, 2.24) is 29.2 Å². The summed E-state index contributed by atoms with van der Waals surface area (Å²) in [6.45, 7) is 5.67. The van der Waals surface area contributed by atoms with Crippen LogP contribution in [0.2, 0.25) is 10.0 Å². The van der Waals surface area contributed by atoms with Gasteiger partial charge in [0.05, 0.1) is 34.2 Å². The number of imidazole rings is 1. The van der Waals surface area contributed by atoms with Gasteiger partial charge >= 0.3 is 0 Å². The van der Waals surface area contributed by atoms with Crippen molar-refractivity contribution in [3.8, 4) is 28.3 Å². The molecule has 6 heterocycles. The average Bonchev–Trinajstić information content (AvgIpc) is 3.37. The number of piperidine rings is 1. The van der Waals surface area contributed by atoms with E-state index >= 15 is 0 Å². The maximum atomic E-state index is 13.4. The van der Waals surface area contributed by atoms with Crippen molar-refractivity contribution in [3.05, 3.63) is 81.4 Å². The second-order valence-corrected chi connectivity index (χ2v) is 13.4. The number of carbonyl (C=O) groups excluding carboxylic acids is 2. The third-order valence-corrected chi connectivity index (χ3v) is 10.4. The van der Waals surface area contributed by atoms with Gasteiger partial charge in [-0.15, -0.1) is 0 Å². The molecular weight excluding hydrogens is 637 g/mol. The van der Waals surface area contributed by atoms with Gasteiger partial charge in [0.1, 0.15) is 0 Å². The number of ether oxygens (including phenoxy) is 1. The number of benzene rings is 2. The Labute approximate surface area is 284 Å².